The van der Waals surface area contributed by atoms with Gasteiger partial charge in [-0.15, -0.1) is 0 Å². The lowest BCUT2D eigenvalue weighted by atomic mass is 10.2. The molecule has 1 aliphatic heterocycles. The molecule has 4 nitrogen and oxygen atoms in total. The molecule has 0 radical (unpaired) electrons. The van der Waals surface area contributed by atoms with Crippen molar-refractivity contribution in [2.75, 3.05) is 26.2 Å². The van der Waals surface area contributed by atoms with Crippen LogP contribution in [0.2, 0.25) is 10.0 Å². The highest BCUT2D eigenvalue weighted by molar-refractivity contribution is 6.31. The van der Waals surface area contributed by atoms with Crippen molar-refractivity contribution in [3.05, 3.63) is 81.9 Å². The maximum Gasteiger partial charge on any atom is 0.246 e. The molecule has 6 heteroatoms. The van der Waals surface area contributed by atoms with Crippen molar-refractivity contribution >= 4 is 47.2 Å². The Morgan fingerprint density at radius 3 is 1.59 bits per heavy atom. The summed E-state index contributed by atoms with van der Waals surface area (Å²) in [4.78, 5) is 28.6. The van der Waals surface area contributed by atoms with Crippen molar-refractivity contribution < 1.29 is 9.59 Å². The van der Waals surface area contributed by atoms with Crippen molar-refractivity contribution in [1.29, 1.82) is 0 Å². The van der Waals surface area contributed by atoms with Gasteiger partial charge in [-0.3, -0.25) is 9.59 Å². The van der Waals surface area contributed by atoms with Crippen molar-refractivity contribution in [3.8, 4) is 0 Å². The minimum Gasteiger partial charge on any atom is -0.337 e. The van der Waals surface area contributed by atoms with Crippen LogP contribution < -0.4 is 0 Å². The van der Waals surface area contributed by atoms with E-state index in [0.717, 1.165) is 17.5 Å². The first-order chi connectivity index (χ1) is 14.0. The molecular weight excluding hydrogens is 407 g/mol. The van der Waals surface area contributed by atoms with Gasteiger partial charge in [0, 0.05) is 48.4 Å². The molecule has 0 N–H and O–H groups in total. The van der Waals surface area contributed by atoms with Crippen LogP contribution >= 0.6 is 23.2 Å². The summed E-state index contributed by atoms with van der Waals surface area (Å²) in [6, 6.07) is 14.7. The van der Waals surface area contributed by atoms with Gasteiger partial charge in [0.1, 0.15) is 0 Å². The SMILES string of the molecule is O=C(C=Cc1cccc(Cl)c1)N1CCCN(C(=O)C=Cc2cccc(Cl)c2)CC1. The number of carbonyl (C=O) groups excluding carboxylic acids is 2. The number of hydrogen-bond donors (Lipinski definition) is 0. The largest absolute Gasteiger partial charge is 0.337 e. The Labute approximate surface area is 181 Å². The topological polar surface area (TPSA) is 40.6 Å². The van der Waals surface area contributed by atoms with Gasteiger partial charge in [0.2, 0.25) is 11.8 Å². The van der Waals surface area contributed by atoms with Crippen molar-refractivity contribution in [2.24, 2.45) is 0 Å². The summed E-state index contributed by atoms with van der Waals surface area (Å²) in [5.74, 6) is -0.123. The average molecular weight is 429 g/mol. The Balaban J connectivity index is 1.55. The van der Waals surface area contributed by atoms with E-state index in [9.17, 15) is 9.59 Å². The summed E-state index contributed by atoms with van der Waals surface area (Å²) in [7, 11) is 0. The molecule has 1 saturated heterocycles. The second-order valence-electron chi connectivity index (χ2n) is 6.78. The molecule has 2 aromatic rings. The summed E-state index contributed by atoms with van der Waals surface area (Å²) < 4.78 is 0. The van der Waals surface area contributed by atoms with Gasteiger partial charge >= 0.3 is 0 Å². The number of rotatable bonds is 4. The van der Waals surface area contributed by atoms with Gasteiger partial charge in [-0.2, -0.15) is 0 Å². The molecule has 0 aliphatic carbocycles. The maximum atomic E-state index is 12.5. The van der Waals surface area contributed by atoms with E-state index < -0.39 is 0 Å². The Morgan fingerprint density at radius 1 is 0.724 bits per heavy atom. The van der Waals surface area contributed by atoms with Crippen molar-refractivity contribution in [1.82, 2.24) is 9.80 Å². The fourth-order valence-electron chi connectivity index (χ4n) is 3.12. The van der Waals surface area contributed by atoms with Crippen molar-refractivity contribution in [3.63, 3.8) is 0 Å². The summed E-state index contributed by atoms with van der Waals surface area (Å²) in [5, 5.41) is 1.27. The third kappa shape index (κ3) is 6.48. The van der Waals surface area contributed by atoms with E-state index in [1.54, 1.807) is 58.4 Å². The second kappa shape index (κ2) is 10.3. The third-order valence-corrected chi connectivity index (χ3v) is 5.12. The standard InChI is InChI=1S/C23H22Cl2N2O2/c24-20-6-1-4-18(16-20)8-10-22(28)26-12-3-13-27(15-14-26)23(29)11-9-19-5-2-7-21(25)17-19/h1-2,4-11,16-17H,3,12-15H2. The molecule has 0 aromatic heterocycles. The Kier molecular flexibility index (Phi) is 7.50. The minimum atomic E-state index is -0.0613. The van der Waals surface area contributed by atoms with Crippen LogP contribution in [0.15, 0.2) is 60.7 Å². The first-order valence-electron chi connectivity index (χ1n) is 9.46. The van der Waals surface area contributed by atoms with Crippen LogP contribution in [0.25, 0.3) is 12.2 Å². The fraction of sp³-hybridized carbons (Fsp3) is 0.217. The van der Waals surface area contributed by atoms with E-state index in [4.69, 9.17) is 23.2 Å². The number of benzene rings is 2. The number of carbonyl (C=O) groups is 2. The van der Waals surface area contributed by atoms with E-state index >= 15 is 0 Å². The van der Waals surface area contributed by atoms with Gasteiger partial charge in [0.15, 0.2) is 0 Å². The van der Waals surface area contributed by atoms with Gasteiger partial charge < -0.3 is 9.80 Å². The molecule has 3 rings (SSSR count). The predicted octanol–water partition coefficient (Wildman–Crippen LogP) is 4.78. The normalized spacial score (nSPS) is 15.1. The lowest BCUT2D eigenvalue weighted by Gasteiger charge is -2.20. The van der Waals surface area contributed by atoms with Gasteiger partial charge in [0.05, 0.1) is 0 Å². The summed E-state index contributed by atoms with van der Waals surface area (Å²) >= 11 is 11.9. The first-order valence-corrected chi connectivity index (χ1v) is 10.2. The molecule has 0 spiro atoms. The van der Waals surface area contributed by atoms with Crippen LogP contribution in [0.4, 0.5) is 0 Å². The molecule has 0 atom stereocenters. The lowest BCUT2D eigenvalue weighted by molar-refractivity contribution is -0.128. The summed E-state index contributed by atoms with van der Waals surface area (Å²) in [6.45, 7) is 2.27. The third-order valence-electron chi connectivity index (χ3n) is 4.65. The monoisotopic (exact) mass is 428 g/mol. The molecule has 0 saturated carbocycles. The molecular formula is C23H22Cl2N2O2. The zero-order valence-corrected chi connectivity index (χ0v) is 17.4. The Morgan fingerprint density at radius 2 is 1.17 bits per heavy atom. The van der Waals surface area contributed by atoms with E-state index in [2.05, 4.69) is 0 Å². The van der Waals surface area contributed by atoms with Gasteiger partial charge in [-0.25, -0.2) is 0 Å². The zero-order valence-electron chi connectivity index (χ0n) is 15.9. The molecule has 2 amide bonds. The summed E-state index contributed by atoms with van der Waals surface area (Å²) in [5.41, 5.74) is 1.76. The van der Waals surface area contributed by atoms with Gasteiger partial charge in [0.25, 0.3) is 0 Å². The predicted molar refractivity (Wildman–Crippen MR) is 119 cm³/mol. The molecule has 150 valence electrons. The maximum absolute atomic E-state index is 12.5. The van der Waals surface area contributed by atoms with Gasteiger partial charge in [-0.1, -0.05) is 47.5 Å². The number of hydrogen-bond acceptors (Lipinski definition) is 2. The Bertz CT molecular complexity index is 864. The van der Waals surface area contributed by atoms with Crippen LogP contribution in [-0.2, 0) is 9.59 Å². The lowest BCUT2D eigenvalue weighted by Crippen LogP contribution is -2.36. The van der Waals surface area contributed by atoms with Crippen LogP contribution in [0, 0.1) is 0 Å². The van der Waals surface area contributed by atoms with E-state index in [0.29, 0.717) is 36.2 Å². The minimum absolute atomic E-state index is 0.0613. The summed E-state index contributed by atoms with van der Waals surface area (Å²) in [6.07, 6.45) is 7.38. The highest BCUT2D eigenvalue weighted by Crippen LogP contribution is 2.14. The fourth-order valence-corrected chi connectivity index (χ4v) is 3.52. The van der Waals surface area contributed by atoms with E-state index in [1.165, 1.54) is 0 Å². The molecule has 1 aliphatic rings. The van der Waals surface area contributed by atoms with Gasteiger partial charge in [-0.05, 0) is 54.0 Å². The first kappa shape index (κ1) is 21.2. The highest BCUT2D eigenvalue weighted by Gasteiger charge is 2.19. The number of nitrogens with zero attached hydrogens (tertiary/aromatic N) is 2. The van der Waals surface area contributed by atoms with Crippen LogP contribution in [0.3, 0.4) is 0 Å². The molecule has 1 fully saturated rings. The quantitative estimate of drug-likeness (QED) is 0.657. The smallest absolute Gasteiger partial charge is 0.246 e. The number of amides is 2. The molecule has 0 unspecified atom stereocenters. The van der Waals surface area contributed by atoms with Crippen LogP contribution in [-0.4, -0.2) is 47.8 Å². The second-order valence-corrected chi connectivity index (χ2v) is 7.65. The van der Waals surface area contributed by atoms with Crippen LogP contribution in [0.5, 0.6) is 0 Å². The van der Waals surface area contributed by atoms with Crippen LogP contribution in [0.1, 0.15) is 17.5 Å². The van der Waals surface area contributed by atoms with E-state index in [1.807, 2.05) is 24.3 Å². The average Bonchev–Trinajstić information content (AvgIpc) is 2.97. The van der Waals surface area contributed by atoms with Crippen molar-refractivity contribution in [2.45, 2.75) is 6.42 Å². The molecule has 0 bridgehead atoms. The molecule has 2 aromatic carbocycles. The zero-order chi connectivity index (χ0) is 20.6. The molecule has 1 heterocycles. The molecule has 29 heavy (non-hydrogen) atoms. The number of halogens is 2. The Hall–Kier alpha value is -2.56. The highest BCUT2D eigenvalue weighted by atomic mass is 35.5. The van der Waals surface area contributed by atoms with E-state index in [-0.39, 0.29) is 11.8 Å².